The number of amides is 3. The number of non-ortho nitro benzene ring substituents is 1. The van der Waals surface area contributed by atoms with Crippen molar-refractivity contribution >= 4 is 35.3 Å². The van der Waals surface area contributed by atoms with E-state index in [0.29, 0.717) is 0 Å². The zero-order valence-corrected chi connectivity index (χ0v) is 16.1. The van der Waals surface area contributed by atoms with E-state index in [4.69, 9.17) is 10.2 Å². The lowest BCUT2D eigenvalue weighted by atomic mass is 10.2. The number of likely N-dealkylation sites (N-methyl/N-ethyl adjacent to an activating group) is 2. The monoisotopic (exact) mass is 424 g/mol. The summed E-state index contributed by atoms with van der Waals surface area (Å²) in [6.07, 6.45) is -0.828. The van der Waals surface area contributed by atoms with Gasteiger partial charge in [0.05, 0.1) is 24.4 Å². The predicted molar refractivity (Wildman–Crippen MR) is 99.5 cm³/mol. The molecular formula is C17H20N4O9. The number of aliphatic carboxylic acids is 2. The van der Waals surface area contributed by atoms with Crippen LogP contribution in [0.1, 0.15) is 16.8 Å². The molecule has 0 heterocycles. The molecule has 0 saturated carbocycles. The molecule has 0 unspecified atom stereocenters. The molecule has 0 aliphatic heterocycles. The van der Waals surface area contributed by atoms with Crippen molar-refractivity contribution in [3.63, 3.8) is 0 Å². The summed E-state index contributed by atoms with van der Waals surface area (Å²) >= 11 is 0. The molecule has 0 radical (unpaired) electrons. The van der Waals surface area contributed by atoms with E-state index in [2.05, 4.69) is 0 Å². The summed E-state index contributed by atoms with van der Waals surface area (Å²) in [6, 6.07) is 3.13. The van der Waals surface area contributed by atoms with E-state index in [1.807, 2.05) is 5.32 Å². The number of benzene rings is 1. The molecule has 0 aliphatic rings. The lowest BCUT2D eigenvalue weighted by Crippen LogP contribution is -2.48. The summed E-state index contributed by atoms with van der Waals surface area (Å²) in [5.74, 6) is -5.06. The normalized spacial score (nSPS) is 11.1. The number of nitrogens with one attached hydrogen (secondary N) is 1. The fourth-order valence-electron chi connectivity index (χ4n) is 2.26. The number of hydrogen-bond acceptors (Lipinski definition) is 7. The fraction of sp³-hybridized carbons (Fsp3) is 0.353. The van der Waals surface area contributed by atoms with Crippen LogP contribution in [0.25, 0.3) is 0 Å². The summed E-state index contributed by atoms with van der Waals surface area (Å²) < 4.78 is 0. The molecule has 162 valence electrons. The van der Waals surface area contributed by atoms with Gasteiger partial charge in [-0.25, -0.2) is 4.79 Å². The maximum absolute atomic E-state index is 12.3. The maximum Gasteiger partial charge on any atom is 0.326 e. The van der Waals surface area contributed by atoms with E-state index in [1.165, 1.54) is 26.2 Å². The minimum absolute atomic E-state index is 0.120. The second kappa shape index (κ2) is 10.5. The summed E-state index contributed by atoms with van der Waals surface area (Å²) in [6.45, 7) is -0.973. The standard InChI is InChI=1S/C17H20N4O9/c1-19(8-13(22)18-12(17(27)28)7-15(24)25)14(23)9-20(2)16(26)10-3-5-11(6-4-10)21(29)30/h3-6,12H,7-9H2,1-2H3,(H,18,22)(H,24,25)(H,27,28)/t12-/m0/s1. The van der Waals surface area contributed by atoms with Crippen LogP contribution in [0, 0.1) is 10.1 Å². The highest BCUT2D eigenvalue weighted by atomic mass is 16.6. The number of nitro benzene ring substituents is 1. The first-order valence-electron chi connectivity index (χ1n) is 8.40. The minimum Gasteiger partial charge on any atom is -0.481 e. The smallest absolute Gasteiger partial charge is 0.326 e. The summed E-state index contributed by atoms with van der Waals surface area (Å²) in [4.78, 5) is 70.0. The second-order valence-corrected chi connectivity index (χ2v) is 6.27. The molecular weight excluding hydrogens is 404 g/mol. The molecule has 13 nitrogen and oxygen atoms in total. The molecule has 0 aliphatic carbocycles. The molecule has 0 fully saturated rings. The number of carboxylic acid groups (broad SMARTS) is 2. The number of hydrogen-bond donors (Lipinski definition) is 3. The van der Waals surface area contributed by atoms with Gasteiger partial charge in [-0.3, -0.25) is 29.3 Å². The molecule has 0 aromatic heterocycles. The number of carbonyl (C=O) groups excluding carboxylic acids is 3. The first kappa shape index (κ1) is 24.0. The third-order valence-electron chi connectivity index (χ3n) is 3.86. The summed E-state index contributed by atoms with van der Waals surface area (Å²) in [5, 5.41) is 30.2. The second-order valence-electron chi connectivity index (χ2n) is 6.27. The number of carbonyl (C=O) groups is 5. The zero-order chi connectivity index (χ0) is 23.0. The number of nitro groups is 1. The number of rotatable bonds is 10. The first-order valence-corrected chi connectivity index (χ1v) is 8.40. The molecule has 1 rings (SSSR count). The van der Waals surface area contributed by atoms with Crippen LogP contribution in [0.3, 0.4) is 0 Å². The Morgan fingerprint density at radius 2 is 1.60 bits per heavy atom. The van der Waals surface area contributed by atoms with Crippen LogP contribution in [0.4, 0.5) is 5.69 Å². The van der Waals surface area contributed by atoms with E-state index in [1.54, 1.807) is 0 Å². The van der Waals surface area contributed by atoms with Gasteiger partial charge in [-0.1, -0.05) is 0 Å². The Morgan fingerprint density at radius 3 is 2.07 bits per heavy atom. The molecule has 13 heteroatoms. The average Bonchev–Trinajstić information content (AvgIpc) is 2.66. The SMILES string of the molecule is CN(CC(=O)N[C@@H](CC(=O)O)C(=O)O)C(=O)CN(C)C(=O)c1ccc([N+](=O)[O-])cc1. The van der Waals surface area contributed by atoms with Gasteiger partial charge < -0.3 is 25.3 Å². The van der Waals surface area contributed by atoms with Gasteiger partial charge in [0.1, 0.15) is 6.04 Å². The van der Waals surface area contributed by atoms with Gasteiger partial charge in [-0.2, -0.15) is 0 Å². The van der Waals surface area contributed by atoms with Gasteiger partial charge in [0, 0.05) is 31.8 Å². The fourth-order valence-corrected chi connectivity index (χ4v) is 2.26. The van der Waals surface area contributed by atoms with Gasteiger partial charge in [0.2, 0.25) is 11.8 Å². The van der Waals surface area contributed by atoms with Crippen molar-refractivity contribution < 1.29 is 39.1 Å². The quantitative estimate of drug-likeness (QED) is 0.318. The van der Waals surface area contributed by atoms with Crippen molar-refractivity contribution in [1.82, 2.24) is 15.1 Å². The molecule has 1 atom stereocenters. The van der Waals surface area contributed by atoms with Gasteiger partial charge in [0.15, 0.2) is 0 Å². The molecule has 1 aromatic carbocycles. The van der Waals surface area contributed by atoms with Crippen molar-refractivity contribution in [2.24, 2.45) is 0 Å². The largest absolute Gasteiger partial charge is 0.481 e. The zero-order valence-electron chi connectivity index (χ0n) is 16.1. The Labute approximate surface area is 170 Å². The van der Waals surface area contributed by atoms with Gasteiger partial charge in [0.25, 0.3) is 11.6 Å². The van der Waals surface area contributed by atoms with Crippen molar-refractivity contribution in [3.05, 3.63) is 39.9 Å². The number of nitrogens with zero attached hydrogens (tertiary/aromatic N) is 3. The molecule has 1 aromatic rings. The van der Waals surface area contributed by atoms with Gasteiger partial charge in [-0.15, -0.1) is 0 Å². The molecule has 0 spiro atoms. The Bertz CT molecular complexity index is 853. The third kappa shape index (κ3) is 7.18. The molecule has 0 bridgehead atoms. The third-order valence-corrected chi connectivity index (χ3v) is 3.86. The Morgan fingerprint density at radius 1 is 1.03 bits per heavy atom. The van der Waals surface area contributed by atoms with Crippen molar-refractivity contribution in [2.75, 3.05) is 27.2 Å². The van der Waals surface area contributed by atoms with E-state index in [-0.39, 0.29) is 11.3 Å². The highest BCUT2D eigenvalue weighted by Crippen LogP contribution is 2.13. The van der Waals surface area contributed by atoms with Crippen LogP contribution >= 0.6 is 0 Å². The first-order chi connectivity index (χ1) is 13.9. The highest BCUT2D eigenvalue weighted by molar-refractivity contribution is 5.97. The van der Waals surface area contributed by atoms with Crippen LogP contribution in [-0.4, -0.2) is 87.8 Å². The van der Waals surface area contributed by atoms with Crippen LogP contribution in [0.2, 0.25) is 0 Å². The van der Waals surface area contributed by atoms with Crippen LogP contribution in [0.15, 0.2) is 24.3 Å². The lowest BCUT2D eigenvalue weighted by Gasteiger charge is -2.22. The molecule has 0 saturated heterocycles. The van der Waals surface area contributed by atoms with E-state index in [0.717, 1.165) is 21.9 Å². The van der Waals surface area contributed by atoms with Crippen molar-refractivity contribution in [2.45, 2.75) is 12.5 Å². The highest BCUT2D eigenvalue weighted by Gasteiger charge is 2.25. The molecule has 30 heavy (non-hydrogen) atoms. The van der Waals surface area contributed by atoms with Crippen LogP contribution in [-0.2, 0) is 19.2 Å². The maximum atomic E-state index is 12.3. The topological polar surface area (TPSA) is 187 Å². The van der Waals surface area contributed by atoms with Crippen LogP contribution < -0.4 is 5.32 Å². The predicted octanol–water partition coefficient (Wildman–Crippen LogP) is -0.831. The molecule has 3 N–H and O–H groups in total. The Kier molecular flexibility index (Phi) is 8.40. The number of carboxylic acids is 2. The van der Waals surface area contributed by atoms with Crippen molar-refractivity contribution in [1.29, 1.82) is 0 Å². The Hall–Kier alpha value is -4.03. The van der Waals surface area contributed by atoms with Gasteiger partial charge >= 0.3 is 11.9 Å². The summed E-state index contributed by atoms with van der Waals surface area (Å²) in [5.41, 5.74) is -0.0761. The van der Waals surface area contributed by atoms with E-state index < -0.39 is 60.1 Å². The Balaban J connectivity index is 2.64. The molecule has 3 amide bonds. The van der Waals surface area contributed by atoms with Crippen molar-refractivity contribution in [3.8, 4) is 0 Å². The van der Waals surface area contributed by atoms with E-state index in [9.17, 15) is 34.1 Å². The average molecular weight is 424 g/mol. The van der Waals surface area contributed by atoms with Gasteiger partial charge in [-0.05, 0) is 12.1 Å². The van der Waals surface area contributed by atoms with Crippen LogP contribution in [0.5, 0.6) is 0 Å². The minimum atomic E-state index is -1.65. The lowest BCUT2D eigenvalue weighted by molar-refractivity contribution is -0.384. The van der Waals surface area contributed by atoms with E-state index >= 15 is 0 Å². The summed E-state index contributed by atoms with van der Waals surface area (Å²) in [7, 11) is 2.57.